The minimum absolute atomic E-state index is 0.0351. The molecule has 0 spiro atoms. The van der Waals surface area contributed by atoms with Gasteiger partial charge < -0.3 is 5.32 Å². The molecule has 0 bridgehead atoms. The van der Waals surface area contributed by atoms with Crippen molar-refractivity contribution in [3.05, 3.63) is 89.5 Å². The molecule has 2 aromatic rings. The van der Waals surface area contributed by atoms with E-state index in [9.17, 15) is 8.78 Å². The monoisotopic (exact) mass is 421 g/mol. The molecule has 3 heteroatoms. The van der Waals surface area contributed by atoms with Gasteiger partial charge in [0, 0.05) is 23.9 Å². The number of alkyl halides is 2. The lowest BCUT2D eigenvalue weighted by atomic mass is 9.96. The van der Waals surface area contributed by atoms with Crippen LogP contribution in [0.2, 0.25) is 0 Å². The number of benzene rings is 2. The van der Waals surface area contributed by atoms with Crippen molar-refractivity contribution in [1.29, 1.82) is 0 Å². The maximum atomic E-state index is 13.9. The first-order chi connectivity index (χ1) is 14.8. The summed E-state index contributed by atoms with van der Waals surface area (Å²) in [4.78, 5) is 0. The number of hydrogen-bond acceptors (Lipinski definition) is 1. The van der Waals surface area contributed by atoms with Gasteiger partial charge in [0.05, 0.1) is 0 Å². The van der Waals surface area contributed by atoms with Crippen LogP contribution in [0.1, 0.15) is 57.2 Å². The van der Waals surface area contributed by atoms with Crippen molar-refractivity contribution >= 4 is 17.0 Å². The smallest absolute Gasteiger partial charge is 0.270 e. The van der Waals surface area contributed by atoms with Crippen LogP contribution in [0.15, 0.2) is 72.8 Å². The first-order valence-electron chi connectivity index (χ1n) is 10.5. The number of terminal acetylenes is 1. The Kier molecular flexibility index (Phi) is 10.5. The molecule has 1 nitrogen and oxygen atoms in total. The van der Waals surface area contributed by atoms with Crippen LogP contribution in [-0.4, -0.2) is 5.92 Å². The second-order valence-electron chi connectivity index (χ2n) is 7.41. The summed E-state index contributed by atoms with van der Waals surface area (Å²) in [5.41, 5.74) is 5.39. The first-order valence-corrected chi connectivity index (χ1v) is 10.5. The lowest BCUT2D eigenvalue weighted by Crippen LogP contribution is -2.13. The molecule has 0 radical (unpaired) electrons. The molecule has 0 unspecified atom stereocenters. The van der Waals surface area contributed by atoms with Gasteiger partial charge in [0.2, 0.25) is 0 Å². The average Bonchev–Trinajstić information content (AvgIpc) is 2.77. The van der Waals surface area contributed by atoms with Crippen LogP contribution in [0.4, 0.5) is 14.5 Å². The molecule has 0 fully saturated rings. The third-order valence-corrected chi connectivity index (χ3v) is 4.94. The number of unbranched alkanes of at least 4 members (excludes halogenated alkanes) is 1. The maximum absolute atomic E-state index is 13.9. The fraction of sp³-hybridized carbons (Fsp3) is 0.286. The second-order valence-corrected chi connectivity index (χ2v) is 7.41. The van der Waals surface area contributed by atoms with Crippen molar-refractivity contribution in [2.45, 2.75) is 52.9 Å². The summed E-state index contributed by atoms with van der Waals surface area (Å²) in [6.45, 7) is 10.7. The lowest BCUT2D eigenvalue weighted by molar-refractivity contribution is 0.0681. The summed E-state index contributed by atoms with van der Waals surface area (Å²) in [6.07, 6.45) is 14.6. The number of halogens is 2. The average molecular weight is 422 g/mol. The third-order valence-electron chi connectivity index (χ3n) is 4.94. The Balaban J connectivity index is 0.00000233. The van der Waals surface area contributed by atoms with Crippen molar-refractivity contribution in [2.75, 3.05) is 5.32 Å². The summed E-state index contributed by atoms with van der Waals surface area (Å²) in [6, 6.07) is 15.9. The molecule has 2 rings (SSSR count). The molecule has 0 atom stereocenters. The number of hydrogen-bond donors (Lipinski definition) is 1. The number of nitrogens with one attached hydrogen (secondary N) is 1. The molecule has 164 valence electrons. The largest absolute Gasteiger partial charge is 0.356 e. The molecule has 2 aromatic carbocycles. The van der Waals surface area contributed by atoms with E-state index < -0.39 is 5.92 Å². The second kappa shape index (κ2) is 12.5. The molecule has 0 aliphatic heterocycles. The van der Waals surface area contributed by atoms with Crippen LogP contribution in [0, 0.1) is 12.8 Å². The van der Waals surface area contributed by atoms with Crippen molar-refractivity contribution in [1.82, 2.24) is 0 Å². The lowest BCUT2D eigenvalue weighted by Gasteiger charge is -2.17. The van der Waals surface area contributed by atoms with Crippen LogP contribution in [-0.2, 0) is 6.42 Å². The zero-order valence-corrected chi connectivity index (χ0v) is 19.0. The number of anilines is 1. The number of aryl methyl sites for hydroxylation is 1. The van der Waals surface area contributed by atoms with E-state index in [1.165, 1.54) is 24.5 Å². The minimum Gasteiger partial charge on any atom is -0.356 e. The molecular formula is C28H33F2N. The van der Waals surface area contributed by atoms with Gasteiger partial charge in [-0.05, 0) is 61.1 Å². The molecule has 1 N–H and O–H groups in total. The van der Waals surface area contributed by atoms with Crippen molar-refractivity contribution in [3.8, 4) is 12.8 Å². The van der Waals surface area contributed by atoms with Crippen molar-refractivity contribution in [2.24, 2.45) is 0 Å². The van der Waals surface area contributed by atoms with E-state index in [0.717, 1.165) is 35.9 Å². The van der Waals surface area contributed by atoms with Crippen LogP contribution < -0.4 is 5.32 Å². The van der Waals surface area contributed by atoms with Gasteiger partial charge in [-0.3, -0.25) is 0 Å². The van der Waals surface area contributed by atoms with Gasteiger partial charge in [0.15, 0.2) is 0 Å². The molecular weight excluding hydrogens is 388 g/mol. The standard InChI is InChI=1S/C26H31F2N.C2H2/c1-6-8-10-21-11-17-24(18-12-21)29-20(4)23-15-13-22(14-16-23)19(3)25(9-7-2)26(5,27)28;1-2/h7,9,11-18,29H,4,6,8,10H2,1-3,5H3;1-2H/b9-7-,25-19-;. The summed E-state index contributed by atoms with van der Waals surface area (Å²) in [7, 11) is 0. The van der Waals surface area contributed by atoms with Gasteiger partial charge in [-0.25, -0.2) is 8.78 Å². The highest BCUT2D eigenvalue weighted by Gasteiger charge is 2.27. The predicted molar refractivity (Wildman–Crippen MR) is 132 cm³/mol. The fourth-order valence-corrected chi connectivity index (χ4v) is 3.23. The summed E-state index contributed by atoms with van der Waals surface area (Å²) in [5, 5.41) is 3.32. The Morgan fingerprint density at radius 1 is 1.03 bits per heavy atom. The highest BCUT2D eigenvalue weighted by atomic mass is 19.3. The Morgan fingerprint density at radius 3 is 2.06 bits per heavy atom. The van der Waals surface area contributed by atoms with Gasteiger partial charge in [0.25, 0.3) is 5.92 Å². The van der Waals surface area contributed by atoms with Crippen molar-refractivity contribution in [3.63, 3.8) is 0 Å². The Hall–Kier alpha value is -3.12. The minimum atomic E-state index is -2.89. The quantitative estimate of drug-likeness (QED) is 0.317. The van der Waals surface area contributed by atoms with Gasteiger partial charge in [-0.1, -0.05) is 68.5 Å². The normalized spacial score (nSPS) is 12.0. The maximum Gasteiger partial charge on any atom is 0.270 e. The molecule has 0 aliphatic rings. The van der Waals surface area contributed by atoms with E-state index in [0.29, 0.717) is 5.57 Å². The van der Waals surface area contributed by atoms with E-state index >= 15 is 0 Å². The summed E-state index contributed by atoms with van der Waals surface area (Å²) >= 11 is 0. The van der Waals surface area contributed by atoms with Gasteiger partial charge in [-0.15, -0.1) is 12.8 Å². The van der Waals surface area contributed by atoms with E-state index in [2.05, 4.69) is 55.9 Å². The molecule has 0 saturated carbocycles. The Labute approximate surface area is 186 Å². The zero-order valence-electron chi connectivity index (χ0n) is 19.0. The number of allylic oxidation sites excluding steroid dienone is 4. The zero-order chi connectivity index (χ0) is 23.4. The molecule has 0 saturated heterocycles. The first kappa shape index (κ1) is 25.9. The van der Waals surface area contributed by atoms with E-state index in [1.54, 1.807) is 19.9 Å². The molecule has 31 heavy (non-hydrogen) atoms. The fourth-order valence-electron chi connectivity index (χ4n) is 3.23. The third kappa shape index (κ3) is 7.90. The van der Waals surface area contributed by atoms with Gasteiger partial charge in [0.1, 0.15) is 0 Å². The highest BCUT2D eigenvalue weighted by molar-refractivity contribution is 5.77. The van der Waals surface area contributed by atoms with Crippen molar-refractivity contribution < 1.29 is 8.78 Å². The summed E-state index contributed by atoms with van der Waals surface area (Å²) in [5.74, 6) is -2.89. The molecule has 0 heterocycles. The number of rotatable bonds is 9. The highest BCUT2D eigenvalue weighted by Crippen LogP contribution is 2.32. The SMILES string of the molecule is C#C.C=C(Nc1ccc(CCCC)cc1)c1ccc(/C(C)=C(/C=C\C)C(C)(F)F)cc1. The van der Waals surface area contributed by atoms with E-state index in [1.807, 2.05) is 24.3 Å². The van der Waals surface area contributed by atoms with E-state index in [-0.39, 0.29) is 5.57 Å². The summed E-state index contributed by atoms with van der Waals surface area (Å²) < 4.78 is 27.8. The Bertz CT molecular complexity index is 908. The topological polar surface area (TPSA) is 12.0 Å². The Morgan fingerprint density at radius 2 is 1.58 bits per heavy atom. The van der Waals surface area contributed by atoms with Crippen LogP contribution in [0.5, 0.6) is 0 Å². The van der Waals surface area contributed by atoms with Crippen LogP contribution in [0.3, 0.4) is 0 Å². The van der Waals surface area contributed by atoms with E-state index in [4.69, 9.17) is 0 Å². The predicted octanol–water partition coefficient (Wildman–Crippen LogP) is 8.37. The van der Waals surface area contributed by atoms with Crippen LogP contribution >= 0.6 is 0 Å². The molecule has 0 aromatic heterocycles. The molecule has 0 amide bonds. The van der Waals surface area contributed by atoms with Crippen LogP contribution in [0.25, 0.3) is 11.3 Å². The van der Waals surface area contributed by atoms with Gasteiger partial charge in [-0.2, -0.15) is 0 Å². The molecule has 0 aliphatic carbocycles. The van der Waals surface area contributed by atoms with Gasteiger partial charge >= 0.3 is 0 Å².